The van der Waals surface area contributed by atoms with Crippen molar-refractivity contribution in [3.05, 3.63) is 90.6 Å². The Morgan fingerprint density at radius 1 is 1.04 bits per heavy atom. The van der Waals surface area contributed by atoms with Gasteiger partial charge in [-0.2, -0.15) is 5.10 Å². The number of aromatic nitrogens is 2. The third-order valence-electron chi connectivity index (χ3n) is 4.49. The first kappa shape index (κ1) is 16.9. The molecule has 4 aromatic rings. The summed E-state index contributed by atoms with van der Waals surface area (Å²) in [6.07, 6.45) is 5.17. The fraction of sp³-hybridized carbons (Fsp3) is 0.143. The lowest BCUT2D eigenvalue weighted by Crippen LogP contribution is -2.38. The van der Waals surface area contributed by atoms with Crippen LogP contribution in [-0.2, 0) is 6.54 Å². The first-order chi connectivity index (χ1) is 13.3. The summed E-state index contributed by atoms with van der Waals surface area (Å²) in [4.78, 5) is 12.3. The summed E-state index contributed by atoms with van der Waals surface area (Å²) >= 11 is 0. The molecule has 2 aromatic heterocycles. The summed E-state index contributed by atoms with van der Waals surface area (Å²) in [6.45, 7) is 0.830. The second kappa shape index (κ2) is 7.78. The van der Waals surface area contributed by atoms with Crippen molar-refractivity contribution in [2.24, 2.45) is 0 Å². The number of carbonyl (C=O) groups excluding carboxylic acids is 1. The molecule has 0 spiro atoms. The van der Waals surface area contributed by atoms with Gasteiger partial charge in [0.2, 0.25) is 0 Å². The van der Waals surface area contributed by atoms with Gasteiger partial charge in [0.05, 0.1) is 6.26 Å². The number of fused-ring (bicyclic) bond motifs is 1. The average Bonchev–Trinajstić information content (AvgIpc) is 3.41. The van der Waals surface area contributed by atoms with E-state index in [0.29, 0.717) is 13.1 Å². The minimum Gasteiger partial charge on any atom is -0.467 e. The van der Waals surface area contributed by atoms with E-state index in [0.717, 1.165) is 22.1 Å². The van der Waals surface area contributed by atoms with Gasteiger partial charge in [-0.05, 0) is 34.5 Å². The zero-order valence-corrected chi connectivity index (χ0v) is 14.7. The molecule has 0 aliphatic rings. The molecule has 2 amide bonds. The van der Waals surface area contributed by atoms with Crippen LogP contribution in [0.3, 0.4) is 0 Å². The molecule has 4 rings (SSSR count). The average molecular weight is 360 g/mol. The molecule has 1 unspecified atom stereocenters. The zero-order chi connectivity index (χ0) is 18.5. The smallest absolute Gasteiger partial charge is 0.315 e. The minimum absolute atomic E-state index is 0.196. The van der Waals surface area contributed by atoms with E-state index in [1.807, 2.05) is 48.7 Å². The number of amides is 2. The highest BCUT2D eigenvalue weighted by molar-refractivity contribution is 5.86. The summed E-state index contributed by atoms with van der Waals surface area (Å²) in [5, 5.41) is 12.4. The molecule has 2 heterocycles. The van der Waals surface area contributed by atoms with E-state index < -0.39 is 0 Å². The molecule has 0 aliphatic carbocycles. The largest absolute Gasteiger partial charge is 0.467 e. The van der Waals surface area contributed by atoms with Gasteiger partial charge in [-0.3, -0.25) is 4.68 Å². The molecule has 2 N–H and O–H groups in total. The predicted molar refractivity (Wildman–Crippen MR) is 103 cm³/mol. The Kier molecular flexibility index (Phi) is 4.87. The number of benzene rings is 2. The monoisotopic (exact) mass is 360 g/mol. The van der Waals surface area contributed by atoms with Crippen molar-refractivity contribution in [3.8, 4) is 0 Å². The maximum atomic E-state index is 12.3. The first-order valence-corrected chi connectivity index (χ1v) is 8.82. The Hall–Kier alpha value is -3.54. The number of rotatable bonds is 6. The number of hydrogen-bond acceptors (Lipinski definition) is 3. The fourth-order valence-electron chi connectivity index (χ4n) is 3.14. The predicted octanol–water partition coefficient (Wildman–Crippen LogP) is 3.72. The number of carbonyl (C=O) groups is 1. The van der Waals surface area contributed by atoms with Gasteiger partial charge < -0.3 is 15.1 Å². The van der Waals surface area contributed by atoms with E-state index in [1.54, 1.807) is 17.1 Å². The van der Waals surface area contributed by atoms with Crippen LogP contribution < -0.4 is 10.6 Å². The van der Waals surface area contributed by atoms with Crippen molar-refractivity contribution in [1.82, 2.24) is 20.4 Å². The Morgan fingerprint density at radius 3 is 2.74 bits per heavy atom. The number of nitrogens with zero attached hydrogens (tertiary/aromatic N) is 2. The summed E-state index contributed by atoms with van der Waals surface area (Å²) in [5.74, 6) is 0.744. The van der Waals surface area contributed by atoms with Crippen molar-refractivity contribution >= 4 is 16.8 Å². The van der Waals surface area contributed by atoms with E-state index >= 15 is 0 Å². The van der Waals surface area contributed by atoms with E-state index in [2.05, 4.69) is 33.9 Å². The molecule has 1 atom stereocenters. The maximum Gasteiger partial charge on any atom is 0.315 e. The maximum absolute atomic E-state index is 12.3. The van der Waals surface area contributed by atoms with Crippen molar-refractivity contribution in [1.29, 1.82) is 0 Å². The molecule has 0 radical (unpaired) electrons. The fourth-order valence-corrected chi connectivity index (χ4v) is 3.14. The molecule has 6 heteroatoms. The van der Waals surface area contributed by atoms with E-state index in [-0.39, 0.29) is 12.1 Å². The van der Waals surface area contributed by atoms with Gasteiger partial charge in [0, 0.05) is 25.5 Å². The number of nitrogens with one attached hydrogen (secondary N) is 2. The quantitative estimate of drug-likeness (QED) is 0.550. The first-order valence-electron chi connectivity index (χ1n) is 8.82. The molecule has 136 valence electrons. The van der Waals surface area contributed by atoms with Crippen molar-refractivity contribution in [2.75, 3.05) is 6.54 Å². The van der Waals surface area contributed by atoms with Crippen molar-refractivity contribution in [2.45, 2.75) is 12.6 Å². The zero-order valence-electron chi connectivity index (χ0n) is 14.7. The van der Waals surface area contributed by atoms with Gasteiger partial charge in [0.25, 0.3) is 0 Å². The normalized spacial score (nSPS) is 12.0. The summed E-state index contributed by atoms with van der Waals surface area (Å²) in [7, 11) is 0. The Morgan fingerprint density at radius 2 is 1.93 bits per heavy atom. The summed E-state index contributed by atoms with van der Waals surface area (Å²) in [6, 6.07) is 19.4. The van der Waals surface area contributed by atoms with Crippen LogP contribution in [0.25, 0.3) is 10.8 Å². The molecule has 0 bridgehead atoms. The van der Waals surface area contributed by atoms with Gasteiger partial charge in [0.1, 0.15) is 11.8 Å². The number of hydrogen-bond donors (Lipinski definition) is 2. The lowest BCUT2D eigenvalue weighted by Gasteiger charge is -2.16. The molecule has 0 aliphatic heterocycles. The lowest BCUT2D eigenvalue weighted by atomic mass is 10.0. The Bertz CT molecular complexity index is 970. The van der Waals surface area contributed by atoms with Crippen LogP contribution in [0.2, 0.25) is 0 Å². The topological polar surface area (TPSA) is 72.1 Å². The molecule has 2 aromatic carbocycles. The van der Waals surface area contributed by atoms with Crippen LogP contribution in [0.4, 0.5) is 4.79 Å². The van der Waals surface area contributed by atoms with Crippen molar-refractivity contribution < 1.29 is 9.21 Å². The molecule has 0 saturated heterocycles. The Balaban J connectivity index is 1.39. The molecule has 0 saturated carbocycles. The summed E-state index contributed by atoms with van der Waals surface area (Å²) in [5.41, 5.74) is 1.08. The lowest BCUT2D eigenvalue weighted by molar-refractivity contribution is 0.238. The van der Waals surface area contributed by atoms with Gasteiger partial charge in [-0.1, -0.05) is 42.5 Å². The summed E-state index contributed by atoms with van der Waals surface area (Å²) < 4.78 is 7.26. The Labute approximate surface area is 156 Å². The molecular weight excluding hydrogens is 340 g/mol. The second-order valence-corrected chi connectivity index (χ2v) is 6.22. The van der Waals surface area contributed by atoms with E-state index in [9.17, 15) is 4.79 Å². The highest BCUT2D eigenvalue weighted by Gasteiger charge is 2.17. The second-order valence-electron chi connectivity index (χ2n) is 6.22. The van der Waals surface area contributed by atoms with Crippen LogP contribution in [-0.4, -0.2) is 22.4 Å². The van der Waals surface area contributed by atoms with E-state index in [4.69, 9.17) is 4.42 Å². The van der Waals surface area contributed by atoms with E-state index in [1.165, 1.54) is 0 Å². The van der Waals surface area contributed by atoms with Gasteiger partial charge in [-0.25, -0.2) is 4.79 Å². The number of urea groups is 1. The SMILES string of the molecule is O=C(NCc1cccc2ccccc12)NCC(c1ccco1)n1cccn1. The molecule has 0 fully saturated rings. The van der Waals surface area contributed by atoms with Crippen LogP contribution in [0.15, 0.2) is 83.7 Å². The highest BCUT2D eigenvalue weighted by atomic mass is 16.3. The van der Waals surface area contributed by atoms with Crippen molar-refractivity contribution in [3.63, 3.8) is 0 Å². The van der Waals surface area contributed by atoms with Crippen LogP contribution >= 0.6 is 0 Å². The highest BCUT2D eigenvalue weighted by Crippen LogP contribution is 2.19. The van der Waals surface area contributed by atoms with Gasteiger partial charge >= 0.3 is 6.03 Å². The molecule has 27 heavy (non-hydrogen) atoms. The van der Waals surface area contributed by atoms with Crippen LogP contribution in [0.5, 0.6) is 0 Å². The van der Waals surface area contributed by atoms with Crippen LogP contribution in [0, 0.1) is 0 Å². The number of furan rings is 1. The standard InChI is InChI=1S/C21H20N4O2/c26-21(22-14-17-8-3-7-16-6-1-2-9-18(16)17)23-15-19(20-10-4-13-27-20)25-12-5-11-24-25/h1-13,19H,14-15H2,(H2,22,23,26). The minimum atomic E-state index is -0.230. The third kappa shape index (κ3) is 3.84. The van der Waals surface area contributed by atoms with Gasteiger partial charge in [-0.15, -0.1) is 0 Å². The van der Waals surface area contributed by atoms with Crippen LogP contribution in [0.1, 0.15) is 17.4 Å². The van der Waals surface area contributed by atoms with Gasteiger partial charge in [0.15, 0.2) is 0 Å². The molecular formula is C21H20N4O2. The third-order valence-corrected chi connectivity index (χ3v) is 4.49. The molecule has 6 nitrogen and oxygen atoms in total.